The summed E-state index contributed by atoms with van der Waals surface area (Å²) in [7, 11) is 3.05. The molecule has 3 amide bonds. The SMILES string of the molecule is COCCCN1C(=O)S/C(=C/c2cccc(OC)c2OCC(=O)Nc2ccccc2)C1=O. The highest BCUT2D eigenvalue weighted by molar-refractivity contribution is 8.18. The second-order valence-electron chi connectivity index (χ2n) is 6.76. The number of carbonyl (C=O) groups excluding carboxylic acids is 3. The molecule has 9 heteroatoms. The van der Waals surface area contributed by atoms with Crippen molar-refractivity contribution in [1.82, 2.24) is 4.90 Å². The molecule has 0 spiro atoms. The molecule has 0 aromatic heterocycles. The van der Waals surface area contributed by atoms with Crippen molar-refractivity contribution >= 4 is 40.6 Å². The summed E-state index contributed by atoms with van der Waals surface area (Å²) in [6.45, 7) is 0.491. The van der Waals surface area contributed by atoms with Gasteiger partial charge >= 0.3 is 0 Å². The van der Waals surface area contributed by atoms with Crippen LogP contribution in [0, 0.1) is 0 Å². The number of hydrogen-bond acceptors (Lipinski definition) is 7. The molecule has 0 aliphatic carbocycles. The van der Waals surface area contributed by atoms with E-state index in [1.54, 1.807) is 43.5 Å². The van der Waals surface area contributed by atoms with Crippen LogP contribution in [0.1, 0.15) is 12.0 Å². The van der Waals surface area contributed by atoms with Crippen molar-refractivity contribution in [2.24, 2.45) is 0 Å². The summed E-state index contributed by atoms with van der Waals surface area (Å²) in [6.07, 6.45) is 2.14. The van der Waals surface area contributed by atoms with E-state index >= 15 is 0 Å². The number of nitrogens with one attached hydrogen (secondary N) is 1. The minimum Gasteiger partial charge on any atom is -0.493 e. The smallest absolute Gasteiger partial charge is 0.293 e. The molecule has 0 bridgehead atoms. The lowest BCUT2D eigenvalue weighted by Crippen LogP contribution is -2.29. The summed E-state index contributed by atoms with van der Waals surface area (Å²) in [5.41, 5.74) is 1.18. The van der Waals surface area contributed by atoms with E-state index in [9.17, 15) is 14.4 Å². The Labute approximate surface area is 190 Å². The summed E-state index contributed by atoms with van der Waals surface area (Å²) in [5.74, 6) is 0.00759. The molecule has 32 heavy (non-hydrogen) atoms. The number of ether oxygens (including phenoxy) is 3. The fraction of sp³-hybridized carbons (Fsp3) is 0.261. The van der Waals surface area contributed by atoms with Gasteiger partial charge in [0.25, 0.3) is 17.1 Å². The van der Waals surface area contributed by atoms with Crippen LogP contribution in [0.25, 0.3) is 6.08 Å². The van der Waals surface area contributed by atoms with Gasteiger partial charge in [-0.05, 0) is 42.5 Å². The Morgan fingerprint density at radius 2 is 1.88 bits per heavy atom. The molecule has 1 heterocycles. The molecule has 1 N–H and O–H groups in total. The number of carbonyl (C=O) groups is 3. The van der Waals surface area contributed by atoms with Gasteiger partial charge in [0.15, 0.2) is 18.1 Å². The lowest BCUT2D eigenvalue weighted by molar-refractivity contribution is -0.123. The largest absolute Gasteiger partial charge is 0.493 e. The first-order valence-electron chi connectivity index (χ1n) is 9.92. The van der Waals surface area contributed by atoms with E-state index in [-0.39, 0.29) is 35.1 Å². The lowest BCUT2D eigenvalue weighted by atomic mass is 10.1. The molecule has 1 aliphatic rings. The zero-order valence-electron chi connectivity index (χ0n) is 17.8. The Morgan fingerprint density at radius 1 is 1.09 bits per heavy atom. The van der Waals surface area contributed by atoms with Crippen LogP contribution in [0.2, 0.25) is 0 Å². The van der Waals surface area contributed by atoms with Crippen molar-refractivity contribution in [2.75, 3.05) is 39.3 Å². The zero-order valence-corrected chi connectivity index (χ0v) is 18.6. The Hall–Kier alpha value is -3.30. The second kappa shape index (κ2) is 11.4. The molecule has 2 aromatic rings. The summed E-state index contributed by atoms with van der Waals surface area (Å²) in [4.78, 5) is 38.7. The molecule has 8 nitrogen and oxygen atoms in total. The summed E-state index contributed by atoms with van der Waals surface area (Å²) in [6, 6.07) is 14.2. The van der Waals surface area contributed by atoms with Crippen molar-refractivity contribution in [3.05, 3.63) is 59.0 Å². The van der Waals surface area contributed by atoms with Crippen LogP contribution in [0.3, 0.4) is 0 Å². The van der Waals surface area contributed by atoms with E-state index in [1.165, 1.54) is 12.0 Å². The maximum Gasteiger partial charge on any atom is 0.293 e. The van der Waals surface area contributed by atoms with Crippen LogP contribution in [-0.4, -0.2) is 55.9 Å². The van der Waals surface area contributed by atoms with Crippen molar-refractivity contribution < 1.29 is 28.6 Å². The molecule has 1 saturated heterocycles. The van der Waals surface area contributed by atoms with Crippen LogP contribution in [0.5, 0.6) is 11.5 Å². The number of nitrogens with zero attached hydrogens (tertiary/aromatic N) is 1. The first kappa shape index (κ1) is 23.4. The third kappa shape index (κ3) is 5.89. The van der Waals surface area contributed by atoms with Crippen LogP contribution in [0.4, 0.5) is 10.5 Å². The number of imide groups is 1. The van der Waals surface area contributed by atoms with Crippen LogP contribution >= 0.6 is 11.8 Å². The number of rotatable bonds is 10. The third-order valence-electron chi connectivity index (χ3n) is 4.52. The Morgan fingerprint density at radius 3 is 2.59 bits per heavy atom. The first-order valence-corrected chi connectivity index (χ1v) is 10.7. The van der Waals surface area contributed by atoms with Gasteiger partial charge in [-0.25, -0.2) is 0 Å². The van der Waals surface area contributed by atoms with E-state index in [0.29, 0.717) is 35.8 Å². The Kier molecular flexibility index (Phi) is 8.29. The summed E-state index contributed by atoms with van der Waals surface area (Å²) in [5, 5.41) is 2.42. The highest BCUT2D eigenvalue weighted by Gasteiger charge is 2.34. The predicted octanol–water partition coefficient (Wildman–Crippen LogP) is 3.79. The van der Waals surface area contributed by atoms with Gasteiger partial charge in [0, 0.05) is 31.5 Å². The number of thioether (sulfide) groups is 1. The van der Waals surface area contributed by atoms with Gasteiger partial charge in [0.05, 0.1) is 12.0 Å². The van der Waals surface area contributed by atoms with Crippen molar-refractivity contribution in [3.63, 3.8) is 0 Å². The second-order valence-corrected chi connectivity index (χ2v) is 7.75. The molecule has 3 rings (SSSR count). The number of para-hydroxylation sites is 2. The minimum atomic E-state index is -0.369. The maximum atomic E-state index is 12.7. The highest BCUT2D eigenvalue weighted by atomic mass is 32.2. The fourth-order valence-electron chi connectivity index (χ4n) is 3.02. The molecule has 1 aliphatic heterocycles. The minimum absolute atomic E-state index is 0.255. The molecule has 0 saturated carbocycles. The Bertz CT molecular complexity index is 1010. The fourth-order valence-corrected chi connectivity index (χ4v) is 3.87. The number of methoxy groups -OCH3 is 2. The molecule has 1 fully saturated rings. The highest BCUT2D eigenvalue weighted by Crippen LogP contribution is 2.37. The van der Waals surface area contributed by atoms with Gasteiger partial charge < -0.3 is 19.5 Å². The normalized spacial score (nSPS) is 14.7. The van der Waals surface area contributed by atoms with E-state index in [1.807, 2.05) is 18.2 Å². The topological polar surface area (TPSA) is 94.2 Å². The van der Waals surface area contributed by atoms with Crippen LogP contribution in [0.15, 0.2) is 53.4 Å². The average molecular weight is 457 g/mol. The van der Waals surface area contributed by atoms with E-state index < -0.39 is 0 Å². The number of anilines is 1. The molecule has 0 unspecified atom stereocenters. The van der Waals surface area contributed by atoms with E-state index in [4.69, 9.17) is 14.2 Å². The quantitative estimate of drug-likeness (QED) is 0.429. The van der Waals surface area contributed by atoms with Crippen LogP contribution < -0.4 is 14.8 Å². The first-order chi connectivity index (χ1) is 15.5. The van der Waals surface area contributed by atoms with Crippen LogP contribution in [-0.2, 0) is 14.3 Å². The average Bonchev–Trinajstić information content (AvgIpc) is 3.06. The van der Waals surface area contributed by atoms with Gasteiger partial charge in [-0.15, -0.1) is 0 Å². The molecule has 0 radical (unpaired) electrons. The molecule has 2 aromatic carbocycles. The number of hydrogen-bond donors (Lipinski definition) is 1. The predicted molar refractivity (Wildman–Crippen MR) is 123 cm³/mol. The molecule has 168 valence electrons. The molecule has 0 atom stereocenters. The van der Waals surface area contributed by atoms with Gasteiger partial charge in [0.1, 0.15) is 0 Å². The molecular formula is C23H24N2O6S. The monoisotopic (exact) mass is 456 g/mol. The summed E-state index contributed by atoms with van der Waals surface area (Å²) < 4.78 is 16.1. The number of amides is 3. The van der Waals surface area contributed by atoms with Gasteiger partial charge in [0.2, 0.25) is 0 Å². The van der Waals surface area contributed by atoms with Crippen molar-refractivity contribution in [1.29, 1.82) is 0 Å². The standard InChI is InChI=1S/C23H24N2O6S/c1-29-13-7-12-25-22(27)19(32-23(25)28)14-16-8-6-11-18(30-2)21(16)31-15-20(26)24-17-9-4-3-5-10-17/h3-6,8-11,14H,7,12-13,15H2,1-2H3,(H,24,26)/b19-14+. The third-order valence-corrected chi connectivity index (χ3v) is 5.43. The van der Waals surface area contributed by atoms with E-state index in [2.05, 4.69) is 5.32 Å². The van der Waals surface area contributed by atoms with E-state index in [0.717, 1.165) is 11.8 Å². The maximum absolute atomic E-state index is 12.7. The van der Waals surface area contributed by atoms with Crippen molar-refractivity contribution in [3.8, 4) is 11.5 Å². The van der Waals surface area contributed by atoms with Gasteiger partial charge in [-0.1, -0.05) is 30.3 Å². The Balaban J connectivity index is 1.75. The molecular weight excluding hydrogens is 432 g/mol. The summed E-state index contributed by atoms with van der Waals surface area (Å²) >= 11 is 0.865. The zero-order chi connectivity index (χ0) is 22.9. The van der Waals surface area contributed by atoms with Gasteiger partial charge in [-0.3, -0.25) is 19.3 Å². The van der Waals surface area contributed by atoms with Gasteiger partial charge in [-0.2, -0.15) is 0 Å². The van der Waals surface area contributed by atoms with Crippen molar-refractivity contribution in [2.45, 2.75) is 6.42 Å². The lowest BCUT2D eigenvalue weighted by Gasteiger charge is -2.14. The number of benzene rings is 2.